The normalized spacial score (nSPS) is 11.4. The fourth-order valence-electron chi connectivity index (χ4n) is 1.69. The molecule has 0 aliphatic heterocycles. The van der Waals surface area contributed by atoms with Gasteiger partial charge in [-0.15, -0.1) is 11.3 Å². The van der Waals surface area contributed by atoms with E-state index >= 15 is 0 Å². The minimum Gasteiger partial charge on any atom is -0.294 e. The Balaban J connectivity index is 1.94. The maximum Gasteiger partial charge on any atom is 0.240 e. The summed E-state index contributed by atoms with van der Waals surface area (Å²) in [5.41, 5.74) is 0. The highest BCUT2D eigenvalue weighted by molar-refractivity contribution is 7.89. The summed E-state index contributed by atoms with van der Waals surface area (Å²) in [5, 5.41) is 0. The molecule has 6 heteroatoms. The summed E-state index contributed by atoms with van der Waals surface area (Å²) in [6.45, 7) is 1.84. The van der Waals surface area contributed by atoms with Crippen molar-refractivity contribution in [3.05, 3.63) is 52.2 Å². The third-order valence-electron chi connectivity index (χ3n) is 2.73. The minimum atomic E-state index is -3.45. The van der Waals surface area contributed by atoms with Gasteiger partial charge in [-0.3, -0.25) is 4.79 Å². The van der Waals surface area contributed by atoms with Gasteiger partial charge in [0.1, 0.15) is 0 Å². The standard InChI is InChI=1S/C14H15NO3S2/c1-11(16)14-8-7-12(19-14)9-10-15-20(17,18)13-5-3-2-4-6-13/h2-8,15H,9-10H2,1H3. The van der Waals surface area contributed by atoms with Crippen LogP contribution in [0.15, 0.2) is 47.4 Å². The van der Waals surface area contributed by atoms with Crippen molar-refractivity contribution >= 4 is 27.1 Å². The van der Waals surface area contributed by atoms with Gasteiger partial charge in [0.15, 0.2) is 5.78 Å². The number of sulfonamides is 1. The zero-order valence-corrected chi connectivity index (χ0v) is 12.6. The van der Waals surface area contributed by atoms with Gasteiger partial charge in [-0.25, -0.2) is 13.1 Å². The van der Waals surface area contributed by atoms with Crippen molar-refractivity contribution in [1.82, 2.24) is 4.72 Å². The second-order valence-corrected chi connectivity index (χ2v) is 7.22. The number of thiophene rings is 1. The van der Waals surface area contributed by atoms with E-state index in [1.807, 2.05) is 6.07 Å². The first-order valence-corrected chi connectivity index (χ1v) is 8.43. The van der Waals surface area contributed by atoms with Crippen LogP contribution in [-0.2, 0) is 16.4 Å². The SMILES string of the molecule is CC(=O)c1ccc(CCNS(=O)(=O)c2ccccc2)s1. The van der Waals surface area contributed by atoms with E-state index in [-0.39, 0.29) is 10.7 Å². The first-order valence-electron chi connectivity index (χ1n) is 6.13. The number of carbonyl (C=O) groups excluding carboxylic acids is 1. The van der Waals surface area contributed by atoms with Crippen molar-refractivity contribution in [2.45, 2.75) is 18.2 Å². The largest absolute Gasteiger partial charge is 0.294 e. The van der Waals surface area contributed by atoms with Crippen LogP contribution < -0.4 is 4.72 Å². The van der Waals surface area contributed by atoms with Crippen molar-refractivity contribution in [3.8, 4) is 0 Å². The summed E-state index contributed by atoms with van der Waals surface area (Å²) < 4.78 is 26.5. The number of Topliss-reactive ketones (excluding diaryl/α,β-unsaturated/α-hetero) is 1. The summed E-state index contributed by atoms with van der Waals surface area (Å²) in [4.78, 5) is 13.1. The van der Waals surface area contributed by atoms with E-state index in [1.54, 1.807) is 36.4 Å². The molecule has 0 spiro atoms. The average Bonchev–Trinajstić information content (AvgIpc) is 2.89. The molecule has 0 aliphatic rings. The molecule has 106 valence electrons. The summed E-state index contributed by atoms with van der Waals surface area (Å²) in [5.74, 6) is 0.0334. The topological polar surface area (TPSA) is 63.2 Å². The summed E-state index contributed by atoms with van der Waals surface area (Å²) in [6.07, 6.45) is 0.573. The van der Waals surface area contributed by atoms with Crippen LogP contribution in [0.25, 0.3) is 0 Å². The number of hydrogen-bond acceptors (Lipinski definition) is 4. The van der Waals surface area contributed by atoms with Crippen LogP contribution in [0.4, 0.5) is 0 Å². The van der Waals surface area contributed by atoms with E-state index in [1.165, 1.54) is 18.3 Å². The molecule has 0 saturated heterocycles. The lowest BCUT2D eigenvalue weighted by Crippen LogP contribution is -2.25. The first-order chi connectivity index (χ1) is 9.49. The van der Waals surface area contributed by atoms with Crippen LogP contribution in [-0.4, -0.2) is 20.7 Å². The summed E-state index contributed by atoms with van der Waals surface area (Å²) in [6, 6.07) is 11.9. The van der Waals surface area contributed by atoms with Crippen LogP contribution in [0, 0.1) is 0 Å². The van der Waals surface area contributed by atoms with E-state index in [0.29, 0.717) is 17.8 Å². The van der Waals surface area contributed by atoms with Gasteiger partial charge in [0.25, 0.3) is 0 Å². The van der Waals surface area contributed by atoms with Gasteiger partial charge in [-0.2, -0.15) is 0 Å². The highest BCUT2D eigenvalue weighted by atomic mass is 32.2. The van der Waals surface area contributed by atoms with Crippen molar-refractivity contribution < 1.29 is 13.2 Å². The molecule has 0 atom stereocenters. The molecule has 1 aromatic carbocycles. The van der Waals surface area contributed by atoms with Crippen LogP contribution in [0.5, 0.6) is 0 Å². The third-order valence-corrected chi connectivity index (χ3v) is 5.45. The van der Waals surface area contributed by atoms with Crippen molar-refractivity contribution in [2.75, 3.05) is 6.54 Å². The molecule has 1 heterocycles. The highest BCUT2D eigenvalue weighted by Crippen LogP contribution is 2.17. The molecule has 0 bridgehead atoms. The average molecular weight is 309 g/mol. The summed E-state index contributed by atoms with van der Waals surface area (Å²) >= 11 is 1.40. The predicted molar refractivity (Wildman–Crippen MR) is 79.7 cm³/mol. The molecule has 2 rings (SSSR count). The monoisotopic (exact) mass is 309 g/mol. The van der Waals surface area contributed by atoms with Gasteiger partial charge in [-0.1, -0.05) is 18.2 Å². The lowest BCUT2D eigenvalue weighted by Gasteiger charge is -2.05. The van der Waals surface area contributed by atoms with Gasteiger partial charge in [0.2, 0.25) is 10.0 Å². The van der Waals surface area contributed by atoms with Crippen molar-refractivity contribution in [1.29, 1.82) is 0 Å². The Bertz CT molecular complexity index is 690. The van der Waals surface area contributed by atoms with Crippen LogP contribution >= 0.6 is 11.3 Å². The van der Waals surface area contributed by atoms with Gasteiger partial charge in [0, 0.05) is 11.4 Å². The molecular weight excluding hydrogens is 294 g/mol. The molecule has 4 nitrogen and oxygen atoms in total. The summed E-state index contributed by atoms with van der Waals surface area (Å²) in [7, 11) is -3.45. The number of nitrogens with one attached hydrogen (secondary N) is 1. The van der Waals surface area contributed by atoms with E-state index in [2.05, 4.69) is 4.72 Å². The molecule has 0 radical (unpaired) electrons. The molecule has 0 saturated carbocycles. The molecule has 1 aromatic heterocycles. The molecule has 2 aromatic rings. The van der Waals surface area contributed by atoms with E-state index in [0.717, 1.165) is 4.88 Å². The fraction of sp³-hybridized carbons (Fsp3) is 0.214. The van der Waals surface area contributed by atoms with Gasteiger partial charge < -0.3 is 0 Å². The lowest BCUT2D eigenvalue weighted by molar-refractivity contribution is 0.102. The van der Waals surface area contributed by atoms with E-state index in [9.17, 15) is 13.2 Å². The van der Waals surface area contributed by atoms with E-state index in [4.69, 9.17) is 0 Å². The molecule has 0 aliphatic carbocycles. The minimum absolute atomic E-state index is 0.0334. The number of carbonyl (C=O) groups is 1. The number of benzene rings is 1. The highest BCUT2D eigenvalue weighted by Gasteiger charge is 2.12. The zero-order chi connectivity index (χ0) is 14.6. The Morgan fingerprint density at radius 1 is 1.15 bits per heavy atom. The van der Waals surface area contributed by atoms with Gasteiger partial charge in [0.05, 0.1) is 9.77 Å². The zero-order valence-electron chi connectivity index (χ0n) is 11.0. The van der Waals surface area contributed by atoms with Crippen molar-refractivity contribution in [2.24, 2.45) is 0 Å². The maximum atomic E-state index is 12.0. The van der Waals surface area contributed by atoms with Crippen molar-refractivity contribution in [3.63, 3.8) is 0 Å². The molecule has 0 unspecified atom stereocenters. The quantitative estimate of drug-likeness (QED) is 0.834. The fourth-order valence-corrected chi connectivity index (χ4v) is 3.65. The predicted octanol–water partition coefficient (Wildman–Crippen LogP) is 2.47. The second-order valence-electron chi connectivity index (χ2n) is 4.28. The van der Waals surface area contributed by atoms with Gasteiger partial charge >= 0.3 is 0 Å². The Morgan fingerprint density at radius 2 is 1.85 bits per heavy atom. The Morgan fingerprint density at radius 3 is 2.45 bits per heavy atom. The molecule has 1 N–H and O–H groups in total. The van der Waals surface area contributed by atoms with Crippen LogP contribution in [0.3, 0.4) is 0 Å². The van der Waals surface area contributed by atoms with Crippen LogP contribution in [0.2, 0.25) is 0 Å². The Labute approximate surface area is 122 Å². The number of hydrogen-bond donors (Lipinski definition) is 1. The maximum absolute atomic E-state index is 12.0. The van der Waals surface area contributed by atoms with Crippen LogP contribution in [0.1, 0.15) is 21.5 Å². The number of ketones is 1. The first kappa shape index (κ1) is 14.9. The Hall–Kier alpha value is -1.50. The molecular formula is C14H15NO3S2. The molecule has 0 amide bonds. The lowest BCUT2D eigenvalue weighted by atomic mass is 10.3. The smallest absolute Gasteiger partial charge is 0.240 e. The Kier molecular flexibility index (Phi) is 4.69. The number of rotatable bonds is 6. The molecule has 20 heavy (non-hydrogen) atoms. The third kappa shape index (κ3) is 3.75. The van der Waals surface area contributed by atoms with Gasteiger partial charge in [-0.05, 0) is 37.6 Å². The molecule has 0 fully saturated rings. The van der Waals surface area contributed by atoms with E-state index < -0.39 is 10.0 Å². The second kappa shape index (κ2) is 6.30.